The van der Waals surface area contributed by atoms with Crippen molar-refractivity contribution in [1.29, 1.82) is 0 Å². The Balaban J connectivity index is 1.11. The average Bonchev–Trinajstić information content (AvgIpc) is 3.31. The Morgan fingerprint density at radius 3 is 1.77 bits per heavy atom. The highest BCUT2D eigenvalue weighted by Gasteiger charge is 2.43. The van der Waals surface area contributed by atoms with Gasteiger partial charge in [-0.1, -0.05) is 130 Å². The van der Waals surface area contributed by atoms with Gasteiger partial charge in [-0.3, -0.25) is 0 Å². The molecule has 0 aliphatic heterocycles. The summed E-state index contributed by atoms with van der Waals surface area (Å²) < 4.78 is 0. The molecular weight excluding hydrogens is 789 g/mol. The van der Waals surface area contributed by atoms with E-state index in [4.69, 9.17) is 0 Å². The van der Waals surface area contributed by atoms with Crippen LogP contribution in [0.1, 0.15) is 70.1 Å². The zero-order chi connectivity index (χ0) is 45.1. The maximum absolute atomic E-state index is 2.69. The van der Waals surface area contributed by atoms with E-state index < -0.39 is 0 Å². The molecule has 0 N–H and O–H groups in total. The summed E-state index contributed by atoms with van der Waals surface area (Å²) in [6.45, 7) is 16.3. The van der Waals surface area contributed by atoms with Gasteiger partial charge in [0.2, 0.25) is 0 Å². The second-order valence-electron chi connectivity index (χ2n) is 19.2. The van der Waals surface area contributed by atoms with Gasteiger partial charge in [0.15, 0.2) is 0 Å². The summed E-state index contributed by atoms with van der Waals surface area (Å²) in [5, 5.41) is 0. The van der Waals surface area contributed by atoms with Crippen LogP contribution in [0.5, 0.6) is 0 Å². The largest absolute Gasteiger partial charge is 0.338 e. The van der Waals surface area contributed by atoms with Crippen LogP contribution >= 0.6 is 0 Å². The number of hydrogen-bond acceptors (Lipinski definition) is 4. The molecule has 0 aromatic heterocycles. The molecule has 4 aliphatic carbocycles. The standard InChI is InChI=1S/C61H66N4/c1-44-18-15-25-55(40-44)62(50-23-9-8-10-24-50)51-30-34-53(35-31-51)65(54-36-32-52(33-37-54)63(56-26-16-19-45(2)41-56)59-28-13-11-21-47(59)4)61(7)39-38-58(43-49(61)6)64(57-27-17-20-46(3)42-57)60-29-14-12-22-48(60)5/h8-20,22-32,34-38,40-42,47-49,52,60H,21,33,39,43H2,1-7H3. The van der Waals surface area contributed by atoms with Gasteiger partial charge < -0.3 is 19.6 Å². The average molecular weight is 855 g/mol. The van der Waals surface area contributed by atoms with Crippen molar-refractivity contribution in [3.63, 3.8) is 0 Å². The fourth-order valence-corrected chi connectivity index (χ4v) is 10.6. The monoisotopic (exact) mass is 855 g/mol. The van der Waals surface area contributed by atoms with Crippen molar-refractivity contribution in [3.8, 4) is 0 Å². The minimum atomic E-state index is -0.211. The van der Waals surface area contributed by atoms with Gasteiger partial charge in [-0.15, -0.1) is 0 Å². The number of allylic oxidation sites excluding steroid dienone is 8. The minimum absolute atomic E-state index is 0.198. The molecule has 65 heavy (non-hydrogen) atoms. The van der Waals surface area contributed by atoms with E-state index in [1.54, 1.807) is 0 Å². The number of benzene rings is 5. The number of anilines is 6. The Morgan fingerprint density at radius 1 is 0.554 bits per heavy atom. The van der Waals surface area contributed by atoms with Gasteiger partial charge in [0.05, 0.1) is 12.1 Å². The molecule has 6 unspecified atom stereocenters. The summed E-state index contributed by atoms with van der Waals surface area (Å²) in [7, 11) is 0. The third-order valence-electron chi connectivity index (χ3n) is 14.3. The number of hydrogen-bond donors (Lipinski definition) is 0. The predicted molar refractivity (Wildman–Crippen MR) is 278 cm³/mol. The van der Waals surface area contributed by atoms with E-state index in [-0.39, 0.29) is 17.6 Å². The fourth-order valence-electron chi connectivity index (χ4n) is 10.6. The molecule has 6 atom stereocenters. The van der Waals surface area contributed by atoms with E-state index in [1.807, 2.05) is 0 Å². The second-order valence-corrected chi connectivity index (χ2v) is 19.2. The Morgan fingerprint density at radius 2 is 1.15 bits per heavy atom. The molecule has 0 spiro atoms. The molecule has 0 fully saturated rings. The molecule has 0 bridgehead atoms. The van der Waals surface area contributed by atoms with Crippen molar-refractivity contribution < 1.29 is 0 Å². The second kappa shape index (κ2) is 18.9. The summed E-state index contributed by atoms with van der Waals surface area (Å²) in [5.74, 6) is 1.16. The van der Waals surface area contributed by atoms with Gasteiger partial charge in [0.1, 0.15) is 0 Å². The van der Waals surface area contributed by atoms with Crippen LogP contribution in [-0.4, -0.2) is 17.6 Å². The number of rotatable bonds is 12. The molecule has 9 rings (SSSR count). The highest BCUT2D eigenvalue weighted by atomic mass is 15.2. The fraction of sp³-hybridized carbons (Fsp3) is 0.279. The van der Waals surface area contributed by atoms with Gasteiger partial charge in [-0.05, 0) is 173 Å². The Bertz CT molecular complexity index is 2700. The Hall–Kier alpha value is -6.52. The molecule has 0 saturated heterocycles. The minimum Gasteiger partial charge on any atom is -0.338 e. The summed E-state index contributed by atoms with van der Waals surface area (Å²) in [6.07, 6.45) is 29.9. The lowest BCUT2D eigenvalue weighted by atomic mass is 9.74. The zero-order valence-electron chi connectivity index (χ0n) is 39.5. The van der Waals surface area contributed by atoms with Crippen molar-refractivity contribution in [2.45, 2.75) is 91.8 Å². The Labute approximate surface area is 389 Å². The van der Waals surface area contributed by atoms with Crippen molar-refractivity contribution in [1.82, 2.24) is 0 Å². The third kappa shape index (κ3) is 9.09. The van der Waals surface area contributed by atoms with Crippen molar-refractivity contribution in [2.24, 2.45) is 17.8 Å². The topological polar surface area (TPSA) is 13.0 Å². The van der Waals surface area contributed by atoms with E-state index in [9.17, 15) is 0 Å². The van der Waals surface area contributed by atoms with Gasteiger partial charge in [-0.25, -0.2) is 0 Å². The van der Waals surface area contributed by atoms with E-state index in [0.29, 0.717) is 17.8 Å². The number of aryl methyl sites for hydroxylation is 3. The molecule has 330 valence electrons. The van der Waals surface area contributed by atoms with Gasteiger partial charge in [0, 0.05) is 56.8 Å². The van der Waals surface area contributed by atoms with Crippen LogP contribution < -0.4 is 19.6 Å². The lowest BCUT2D eigenvalue weighted by Gasteiger charge is -2.51. The first-order valence-electron chi connectivity index (χ1n) is 23.9. The highest BCUT2D eigenvalue weighted by molar-refractivity contribution is 5.78. The quantitative estimate of drug-likeness (QED) is 0.124. The first-order chi connectivity index (χ1) is 31.6. The molecule has 0 heterocycles. The molecule has 4 nitrogen and oxygen atoms in total. The summed E-state index contributed by atoms with van der Waals surface area (Å²) in [4.78, 5) is 10.3. The number of para-hydroxylation sites is 1. The summed E-state index contributed by atoms with van der Waals surface area (Å²) in [6, 6.07) is 47.5. The van der Waals surface area contributed by atoms with Crippen LogP contribution in [0.25, 0.3) is 0 Å². The molecule has 5 aromatic carbocycles. The summed E-state index contributed by atoms with van der Waals surface area (Å²) in [5.41, 5.74) is 14.8. The first-order valence-corrected chi connectivity index (χ1v) is 23.9. The Kier molecular flexibility index (Phi) is 12.7. The highest BCUT2D eigenvalue weighted by Crippen LogP contribution is 2.47. The maximum Gasteiger partial charge on any atom is 0.0582 e. The van der Waals surface area contributed by atoms with Gasteiger partial charge in [-0.2, -0.15) is 0 Å². The lowest BCUT2D eigenvalue weighted by Crippen LogP contribution is -2.53. The molecule has 0 amide bonds. The SMILES string of the molecule is Cc1cccc(N(c2ccccc2)c2ccc(N(C3=CCC(N(C4=CC=CCC4C)c4cccc(C)c4)C=C3)C3(C)CC=C(N(c4cccc(C)c4)C4C=CC=CC4C)CC3C)cc2)c1. The van der Waals surface area contributed by atoms with Crippen LogP contribution in [0.15, 0.2) is 211 Å². The first kappa shape index (κ1) is 43.7. The normalized spacial score (nSPS) is 23.6. The van der Waals surface area contributed by atoms with Crippen molar-refractivity contribution >= 4 is 34.1 Å². The van der Waals surface area contributed by atoms with Gasteiger partial charge in [0.25, 0.3) is 0 Å². The molecule has 0 radical (unpaired) electrons. The van der Waals surface area contributed by atoms with E-state index in [1.165, 1.54) is 50.8 Å². The van der Waals surface area contributed by atoms with Crippen LogP contribution in [0.3, 0.4) is 0 Å². The maximum atomic E-state index is 2.69. The molecule has 5 aromatic rings. The van der Waals surface area contributed by atoms with Crippen molar-refractivity contribution in [3.05, 3.63) is 228 Å². The molecule has 0 saturated carbocycles. The molecule has 4 aliphatic rings. The molecule has 4 heteroatoms. The number of nitrogens with zero attached hydrogens (tertiary/aromatic N) is 4. The smallest absolute Gasteiger partial charge is 0.0582 e. The van der Waals surface area contributed by atoms with Crippen LogP contribution in [0, 0.1) is 38.5 Å². The third-order valence-corrected chi connectivity index (χ3v) is 14.3. The van der Waals surface area contributed by atoms with E-state index >= 15 is 0 Å². The summed E-state index contributed by atoms with van der Waals surface area (Å²) >= 11 is 0. The van der Waals surface area contributed by atoms with Crippen molar-refractivity contribution in [2.75, 3.05) is 19.6 Å². The zero-order valence-corrected chi connectivity index (χ0v) is 39.5. The van der Waals surface area contributed by atoms with E-state index in [0.717, 1.165) is 42.7 Å². The molecular formula is C61H66N4. The predicted octanol–water partition coefficient (Wildman–Crippen LogP) is 15.8. The lowest BCUT2D eigenvalue weighted by molar-refractivity contribution is 0.287. The van der Waals surface area contributed by atoms with Crippen LogP contribution in [0.2, 0.25) is 0 Å². The van der Waals surface area contributed by atoms with E-state index in [2.05, 4.69) is 262 Å². The van der Waals surface area contributed by atoms with Crippen LogP contribution in [-0.2, 0) is 0 Å². The van der Waals surface area contributed by atoms with Crippen LogP contribution in [0.4, 0.5) is 34.1 Å². The van der Waals surface area contributed by atoms with Gasteiger partial charge >= 0.3 is 0 Å².